The van der Waals surface area contributed by atoms with Crippen LogP contribution in [0.3, 0.4) is 0 Å². The van der Waals surface area contributed by atoms with Crippen LogP contribution in [0.15, 0.2) is 59.4 Å². The molecule has 1 amide bonds. The number of amides is 1. The smallest absolute Gasteiger partial charge is 0.354 e. The maximum absolute atomic E-state index is 14.1. The fraction of sp³-hybridized carbons (Fsp3) is 0.0556. The first-order valence-electron chi connectivity index (χ1n) is 7.91. The van der Waals surface area contributed by atoms with Gasteiger partial charge in [-0.2, -0.15) is 13.2 Å². The van der Waals surface area contributed by atoms with Crippen LogP contribution in [0.25, 0.3) is 17.1 Å². The molecule has 3 aromatic heterocycles. The summed E-state index contributed by atoms with van der Waals surface area (Å²) in [6, 6.07) is 8.32. The molecule has 28 heavy (non-hydrogen) atoms. The zero-order chi connectivity index (χ0) is 19.9. The maximum atomic E-state index is 14.1. The van der Waals surface area contributed by atoms with Crippen LogP contribution in [-0.4, -0.2) is 20.4 Å². The number of aromatic nitrogens is 3. The summed E-state index contributed by atoms with van der Waals surface area (Å²) in [4.78, 5) is 16.9. The first-order valence-corrected chi connectivity index (χ1v) is 7.91. The van der Waals surface area contributed by atoms with Gasteiger partial charge in [0.1, 0.15) is 17.3 Å². The summed E-state index contributed by atoms with van der Waals surface area (Å²) in [5, 5.41) is 6.08. The molecule has 0 atom stereocenters. The average molecular weight is 390 g/mol. The van der Waals surface area contributed by atoms with E-state index in [4.69, 9.17) is 4.52 Å². The van der Waals surface area contributed by atoms with Crippen molar-refractivity contribution in [3.63, 3.8) is 0 Å². The number of nitrogens with zero attached hydrogens (tertiary/aromatic N) is 3. The Morgan fingerprint density at radius 3 is 2.64 bits per heavy atom. The summed E-state index contributed by atoms with van der Waals surface area (Å²) in [6.07, 6.45) is -1.71. The molecule has 0 fully saturated rings. The number of rotatable bonds is 3. The molecule has 4 rings (SSSR count). The Labute approximate surface area is 154 Å². The molecule has 6 nitrogen and oxygen atoms in total. The van der Waals surface area contributed by atoms with Gasteiger partial charge in [-0.25, -0.2) is 9.37 Å². The summed E-state index contributed by atoms with van der Waals surface area (Å²) in [5.41, 5.74) is -1.01. The summed E-state index contributed by atoms with van der Waals surface area (Å²) in [7, 11) is 0. The molecule has 0 bridgehead atoms. The highest BCUT2D eigenvalue weighted by molar-refractivity contribution is 6.05. The van der Waals surface area contributed by atoms with Gasteiger partial charge in [0.05, 0.1) is 17.3 Å². The molecule has 1 N–H and O–H groups in total. The van der Waals surface area contributed by atoms with Crippen molar-refractivity contribution < 1.29 is 26.9 Å². The lowest BCUT2D eigenvalue weighted by atomic mass is 10.1. The molecular weight excluding hydrogens is 380 g/mol. The second-order valence-electron chi connectivity index (χ2n) is 5.76. The standard InChI is InChI=1S/C18H10F4N4O2/c19-12-9-10(18(20,21)22)4-5-11(12)17(27)25-16-15(13-6-7-23-28-13)24-14-3-1-2-8-26(14)16/h1-9H,(H,25,27). The van der Waals surface area contributed by atoms with Crippen LogP contribution in [0.2, 0.25) is 0 Å². The molecule has 0 radical (unpaired) electrons. The van der Waals surface area contributed by atoms with E-state index in [1.165, 1.54) is 16.7 Å². The predicted molar refractivity (Wildman–Crippen MR) is 90.0 cm³/mol. The van der Waals surface area contributed by atoms with Crippen molar-refractivity contribution in [1.29, 1.82) is 0 Å². The summed E-state index contributed by atoms with van der Waals surface area (Å²) < 4.78 is 58.8. The van der Waals surface area contributed by atoms with Crippen LogP contribution in [0, 0.1) is 5.82 Å². The number of nitrogens with one attached hydrogen (secondary N) is 1. The molecule has 0 unspecified atom stereocenters. The Balaban J connectivity index is 1.74. The number of halogens is 4. The second kappa shape index (κ2) is 6.48. The molecule has 0 spiro atoms. The molecule has 10 heteroatoms. The van der Waals surface area contributed by atoms with Crippen molar-refractivity contribution in [2.24, 2.45) is 0 Å². The Kier molecular flexibility index (Phi) is 4.10. The third-order valence-corrected chi connectivity index (χ3v) is 3.97. The average Bonchev–Trinajstić information content (AvgIpc) is 3.29. The van der Waals surface area contributed by atoms with Crippen LogP contribution in [0.4, 0.5) is 23.4 Å². The Bertz CT molecular complexity index is 1170. The molecule has 142 valence electrons. The van der Waals surface area contributed by atoms with Crippen LogP contribution >= 0.6 is 0 Å². The maximum Gasteiger partial charge on any atom is 0.416 e. The Morgan fingerprint density at radius 2 is 1.96 bits per heavy atom. The van der Waals surface area contributed by atoms with E-state index in [1.807, 2.05) is 0 Å². The number of benzene rings is 1. The number of fused-ring (bicyclic) bond motifs is 1. The normalized spacial score (nSPS) is 11.7. The highest BCUT2D eigenvalue weighted by Crippen LogP contribution is 2.31. The van der Waals surface area contributed by atoms with E-state index in [2.05, 4.69) is 15.5 Å². The Morgan fingerprint density at radius 1 is 1.14 bits per heavy atom. The lowest BCUT2D eigenvalue weighted by Gasteiger charge is -2.10. The van der Waals surface area contributed by atoms with E-state index in [0.29, 0.717) is 11.7 Å². The molecular formula is C18H10F4N4O2. The van der Waals surface area contributed by atoms with E-state index in [1.54, 1.807) is 24.4 Å². The molecule has 0 aliphatic carbocycles. The molecule has 0 aliphatic heterocycles. The lowest BCUT2D eigenvalue weighted by molar-refractivity contribution is -0.137. The van der Waals surface area contributed by atoms with Gasteiger partial charge in [0.2, 0.25) is 0 Å². The predicted octanol–water partition coefficient (Wildman–Crippen LogP) is 4.40. The van der Waals surface area contributed by atoms with Gasteiger partial charge in [0.25, 0.3) is 5.91 Å². The van der Waals surface area contributed by atoms with Crippen LogP contribution in [-0.2, 0) is 6.18 Å². The van der Waals surface area contributed by atoms with Crippen molar-refractivity contribution in [1.82, 2.24) is 14.5 Å². The number of carbonyl (C=O) groups excluding carboxylic acids is 1. The minimum absolute atomic E-state index is 0.164. The third kappa shape index (κ3) is 3.08. The number of imidazole rings is 1. The van der Waals surface area contributed by atoms with Crippen molar-refractivity contribution in [3.05, 3.63) is 71.8 Å². The van der Waals surface area contributed by atoms with Crippen molar-refractivity contribution in [2.45, 2.75) is 6.18 Å². The highest BCUT2D eigenvalue weighted by Gasteiger charge is 2.32. The second-order valence-corrected chi connectivity index (χ2v) is 5.76. The monoisotopic (exact) mass is 390 g/mol. The summed E-state index contributed by atoms with van der Waals surface area (Å²) in [5.74, 6) is -1.80. The fourth-order valence-electron chi connectivity index (χ4n) is 2.68. The summed E-state index contributed by atoms with van der Waals surface area (Å²) >= 11 is 0. The molecule has 0 aliphatic rings. The third-order valence-electron chi connectivity index (χ3n) is 3.97. The van der Waals surface area contributed by atoms with E-state index in [-0.39, 0.29) is 23.3 Å². The van der Waals surface area contributed by atoms with Gasteiger partial charge in [0, 0.05) is 12.3 Å². The summed E-state index contributed by atoms with van der Waals surface area (Å²) in [6.45, 7) is 0. The topological polar surface area (TPSA) is 72.4 Å². The van der Waals surface area contributed by atoms with Crippen LogP contribution in [0.1, 0.15) is 15.9 Å². The number of hydrogen-bond donors (Lipinski definition) is 1. The van der Waals surface area contributed by atoms with Gasteiger partial charge < -0.3 is 9.84 Å². The van der Waals surface area contributed by atoms with Crippen LogP contribution in [0.5, 0.6) is 0 Å². The zero-order valence-corrected chi connectivity index (χ0v) is 13.9. The van der Waals surface area contributed by atoms with Gasteiger partial charge in [-0.1, -0.05) is 11.2 Å². The van der Waals surface area contributed by atoms with E-state index >= 15 is 0 Å². The number of hydrogen-bond acceptors (Lipinski definition) is 4. The van der Waals surface area contributed by atoms with Gasteiger partial charge in [-0.15, -0.1) is 0 Å². The van der Waals surface area contributed by atoms with Gasteiger partial charge in [-0.05, 0) is 30.3 Å². The largest absolute Gasteiger partial charge is 0.416 e. The highest BCUT2D eigenvalue weighted by atomic mass is 19.4. The van der Waals surface area contributed by atoms with Crippen molar-refractivity contribution >= 4 is 17.4 Å². The molecule has 4 aromatic rings. The first kappa shape index (κ1) is 17.7. The van der Waals surface area contributed by atoms with Gasteiger partial charge in [0.15, 0.2) is 11.5 Å². The lowest BCUT2D eigenvalue weighted by Crippen LogP contribution is -2.16. The number of alkyl halides is 3. The molecule has 0 saturated carbocycles. The van der Waals surface area contributed by atoms with Crippen molar-refractivity contribution in [3.8, 4) is 11.5 Å². The molecule has 1 aromatic carbocycles. The minimum Gasteiger partial charge on any atom is -0.354 e. The molecule has 0 saturated heterocycles. The van der Waals surface area contributed by atoms with Crippen molar-refractivity contribution in [2.75, 3.05) is 5.32 Å². The Hall–Kier alpha value is -3.69. The van der Waals surface area contributed by atoms with E-state index < -0.39 is 29.0 Å². The zero-order valence-electron chi connectivity index (χ0n) is 13.9. The minimum atomic E-state index is -4.71. The SMILES string of the molecule is O=C(Nc1c(-c2ccno2)nc2ccccn12)c1ccc(C(F)(F)F)cc1F. The van der Waals surface area contributed by atoms with Gasteiger partial charge in [-0.3, -0.25) is 9.20 Å². The van der Waals surface area contributed by atoms with E-state index in [9.17, 15) is 22.4 Å². The van der Waals surface area contributed by atoms with Gasteiger partial charge >= 0.3 is 6.18 Å². The quantitative estimate of drug-likeness (QED) is 0.527. The number of pyridine rings is 1. The number of carbonyl (C=O) groups is 1. The first-order chi connectivity index (χ1) is 13.3. The van der Waals surface area contributed by atoms with Crippen LogP contribution < -0.4 is 5.32 Å². The fourth-order valence-corrected chi connectivity index (χ4v) is 2.68. The molecule has 3 heterocycles. The number of anilines is 1. The van der Waals surface area contributed by atoms with E-state index in [0.717, 1.165) is 6.07 Å².